The van der Waals surface area contributed by atoms with Gasteiger partial charge in [0.15, 0.2) is 0 Å². The van der Waals surface area contributed by atoms with Gasteiger partial charge >= 0.3 is 5.97 Å². The molecule has 1 rings (SSSR count). The fraction of sp³-hybridized carbons (Fsp3) is 0.500. The highest BCUT2D eigenvalue weighted by atomic mass is 16.5. The molecule has 0 aliphatic heterocycles. The van der Waals surface area contributed by atoms with Gasteiger partial charge in [-0.3, -0.25) is 4.79 Å². The number of hydrogen-bond acceptors (Lipinski definition) is 3. The molecular formula is C14H21NO3. The second-order valence-corrected chi connectivity index (χ2v) is 4.59. The van der Waals surface area contributed by atoms with Gasteiger partial charge in [-0.15, -0.1) is 0 Å². The molecule has 1 aromatic carbocycles. The molecule has 0 fully saturated rings. The van der Waals surface area contributed by atoms with E-state index in [0.717, 1.165) is 5.75 Å². The summed E-state index contributed by atoms with van der Waals surface area (Å²) >= 11 is 0. The number of carboxylic acid groups (broad SMARTS) is 1. The van der Waals surface area contributed by atoms with E-state index in [0.29, 0.717) is 19.1 Å². The first kappa shape index (κ1) is 14.5. The van der Waals surface area contributed by atoms with Crippen molar-refractivity contribution in [2.24, 2.45) is 0 Å². The summed E-state index contributed by atoms with van der Waals surface area (Å²) < 4.78 is 5.55. The van der Waals surface area contributed by atoms with E-state index in [2.05, 4.69) is 32.2 Å². The summed E-state index contributed by atoms with van der Waals surface area (Å²) in [5.41, 5.74) is 2.55. The van der Waals surface area contributed by atoms with Crippen molar-refractivity contribution in [3.05, 3.63) is 29.3 Å². The number of rotatable bonds is 7. The molecule has 0 aromatic heterocycles. The van der Waals surface area contributed by atoms with Gasteiger partial charge in [0.1, 0.15) is 12.4 Å². The van der Waals surface area contributed by atoms with Crippen LogP contribution in [0.4, 0.5) is 0 Å². The van der Waals surface area contributed by atoms with E-state index in [4.69, 9.17) is 9.84 Å². The summed E-state index contributed by atoms with van der Waals surface area (Å²) in [5, 5.41) is 11.2. The predicted molar refractivity (Wildman–Crippen MR) is 71.3 cm³/mol. The van der Waals surface area contributed by atoms with Crippen molar-refractivity contribution in [3.8, 4) is 5.75 Å². The molecule has 4 heteroatoms. The Hall–Kier alpha value is -1.55. The third kappa shape index (κ3) is 4.75. The van der Waals surface area contributed by atoms with E-state index in [1.54, 1.807) is 0 Å². The van der Waals surface area contributed by atoms with E-state index in [1.165, 1.54) is 11.1 Å². The van der Waals surface area contributed by atoms with Gasteiger partial charge in [-0.2, -0.15) is 0 Å². The molecule has 0 aliphatic carbocycles. The Bertz CT molecular complexity index is 402. The molecule has 0 atom stereocenters. The Kier molecular flexibility index (Phi) is 5.65. The molecule has 0 unspecified atom stereocenters. The van der Waals surface area contributed by atoms with Gasteiger partial charge in [0, 0.05) is 6.54 Å². The molecule has 100 valence electrons. The Morgan fingerprint density at radius 3 is 2.72 bits per heavy atom. The topological polar surface area (TPSA) is 58.6 Å². The average molecular weight is 251 g/mol. The summed E-state index contributed by atoms with van der Waals surface area (Å²) in [5.74, 6) is 0.484. The number of ether oxygens (including phenoxy) is 1. The highest BCUT2D eigenvalue weighted by molar-refractivity contribution is 5.68. The minimum Gasteiger partial charge on any atom is -0.492 e. The van der Waals surface area contributed by atoms with Crippen molar-refractivity contribution < 1.29 is 14.6 Å². The molecule has 4 nitrogen and oxygen atoms in total. The Morgan fingerprint density at radius 2 is 2.17 bits per heavy atom. The normalized spacial score (nSPS) is 10.7. The first-order chi connectivity index (χ1) is 8.50. The number of aliphatic carboxylic acids is 1. The molecule has 0 amide bonds. The van der Waals surface area contributed by atoms with Crippen molar-refractivity contribution in [3.63, 3.8) is 0 Å². The number of carbonyl (C=O) groups is 1. The van der Waals surface area contributed by atoms with Gasteiger partial charge in [0.25, 0.3) is 0 Å². The lowest BCUT2D eigenvalue weighted by Gasteiger charge is -2.12. The van der Waals surface area contributed by atoms with Crippen LogP contribution in [0, 0.1) is 6.92 Å². The summed E-state index contributed by atoms with van der Waals surface area (Å²) in [6.07, 6.45) is 0. The lowest BCUT2D eigenvalue weighted by Crippen LogP contribution is -2.26. The van der Waals surface area contributed by atoms with Crippen molar-refractivity contribution in [2.45, 2.75) is 26.7 Å². The summed E-state index contributed by atoms with van der Waals surface area (Å²) in [4.78, 5) is 10.3. The van der Waals surface area contributed by atoms with Gasteiger partial charge in [-0.25, -0.2) is 0 Å². The van der Waals surface area contributed by atoms with Gasteiger partial charge < -0.3 is 15.2 Å². The average Bonchev–Trinajstić information content (AvgIpc) is 2.27. The molecular weight excluding hydrogens is 230 g/mol. The number of aryl methyl sites for hydroxylation is 1. The minimum atomic E-state index is -0.855. The summed E-state index contributed by atoms with van der Waals surface area (Å²) in [7, 11) is 0. The molecule has 18 heavy (non-hydrogen) atoms. The van der Waals surface area contributed by atoms with Crippen LogP contribution in [0.25, 0.3) is 0 Å². The van der Waals surface area contributed by atoms with E-state index in [1.807, 2.05) is 12.1 Å². The monoisotopic (exact) mass is 251 g/mol. The zero-order valence-corrected chi connectivity index (χ0v) is 11.2. The molecule has 1 aromatic rings. The number of carboxylic acids is 1. The predicted octanol–water partition coefficient (Wildman–Crippen LogP) is 2.17. The van der Waals surface area contributed by atoms with Crippen LogP contribution in [0.2, 0.25) is 0 Å². The Labute approximate surface area is 108 Å². The number of benzene rings is 1. The van der Waals surface area contributed by atoms with E-state index < -0.39 is 5.97 Å². The molecule has 0 saturated heterocycles. The van der Waals surface area contributed by atoms with Crippen molar-refractivity contribution in [1.82, 2.24) is 5.32 Å². The fourth-order valence-electron chi connectivity index (χ4n) is 1.82. The van der Waals surface area contributed by atoms with Crippen LogP contribution >= 0.6 is 0 Å². The fourth-order valence-corrected chi connectivity index (χ4v) is 1.82. The molecule has 2 N–H and O–H groups in total. The molecule has 0 heterocycles. The van der Waals surface area contributed by atoms with Crippen LogP contribution in [-0.4, -0.2) is 30.8 Å². The summed E-state index contributed by atoms with van der Waals surface area (Å²) in [6.45, 7) is 7.36. The highest BCUT2D eigenvalue weighted by Gasteiger charge is 2.04. The van der Waals surface area contributed by atoms with Crippen molar-refractivity contribution in [1.29, 1.82) is 0 Å². The van der Waals surface area contributed by atoms with Crippen LogP contribution in [0.1, 0.15) is 30.9 Å². The lowest BCUT2D eigenvalue weighted by atomic mass is 9.98. The van der Waals surface area contributed by atoms with Gasteiger partial charge in [-0.1, -0.05) is 19.9 Å². The van der Waals surface area contributed by atoms with Gasteiger partial charge in [-0.05, 0) is 36.1 Å². The molecule has 0 bridgehead atoms. The SMILES string of the molecule is Cc1cc(OCCNCC(=O)O)ccc1C(C)C. The third-order valence-corrected chi connectivity index (χ3v) is 2.69. The molecule has 0 radical (unpaired) electrons. The van der Waals surface area contributed by atoms with E-state index in [-0.39, 0.29) is 6.54 Å². The van der Waals surface area contributed by atoms with Crippen LogP contribution in [0.3, 0.4) is 0 Å². The number of hydrogen-bond donors (Lipinski definition) is 2. The summed E-state index contributed by atoms with van der Waals surface area (Å²) in [6, 6.07) is 6.06. The zero-order valence-electron chi connectivity index (χ0n) is 11.2. The minimum absolute atomic E-state index is 0.0331. The maximum atomic E-state index is 10.3. The maximum Gasteiger partial charge on any atom is 0.317 e. The number of nitrogens with one attached hydrogen (secondary N) is 1. The maximum absolute atomic E-state index is 10.3. The third-order valence-electron chi connectivity index (χ3n) is 2.69. The van der Waals surface area contributed by atoms with Crippen molar-refractivity contribution in [2.75, 3.05) is 19.7 Å². The zero-order chi connectivity index (χ0) is 13.5. The first-order valence-electron chi connectivity index (χ1n) is 6.16. The van der Waals surface area contributed by atoms with Crippen LogP contribution in [0.5, 0.6) is 5.75 Å². The first-order valence-corrected chi connectivity index (χ1v) is 6.16. The Morgan fingerprint density at radius 1 is 1.44 bits per heavy atom. The van der Waals surface area contributed by atoms with Crippen LogP contribution in [-0.2, 0) is 4.79 Å². The van der Waals surface area contributed by atoms with Gasteiger partial charge in [0.05, 0.1) is 6.54 Å². The van der Waals surface area contributed by atoms with E-state index >= 15 is 0 Å². The smallest absolute Gasteiger partial charge is 0.317 e. The van der Waals surface area contributed by atoms with Gasteiger partial charge in [0.2, 0.25) is 0 Å². The molecule has 0 aliphatic rings. The van der Waals surface area contributed by atoms with Crippen molar-refractivity contribution >= 4 is 5.97 Å². The second-order valence-electron chi connectivity index (χ2n) is 4.59. The quantitative estimate of drug-likeness (QED) is 0.729. The van der Waals surface area contributed by atoms with Crippen LogP contribution < -0.4 is 10.1 Å². The molecule has 0 spiro atoms. The van der Waals surface area contributed by atoms with Crippen LogP contribution in [0.15, 0.2) is 18.2 Å². The second kappa shape index (κ2) is 7.01. The molecule has 0 saturated carbocycles. The lowest BCUT2D eigenvalue weighted by molar-refractivity contribution is -0.135. The largest absolute Gasteiger partial charge is 0.492 e. The highest BCUT2D eigenvalue weighted by Crippen LogP contribution is 2.23. The Balaban J connectivity index is 2.39. The standard InChI is InChI=1S/C14H21NO3/c1-10(2)13-5-4-12(8-11(13)3)18-7-6-15-9-14(16)17/h4-5,8,10,15H,6-7,9H2,1-3H3,(H,16,17). The van der Waals surface area contributed by atoms with E-state index in [9.17, 15) is 4.79 Å².